The predicted octanol–water partition coefficient (Wildman–Crippen LogP) is 7.74. The number of carbonyl (C=O) groups excluding carboxylic acids is 1. The number of amides is 1. The maximum atomic E-state index is 14.8. The van der Waals surface area contributed by atoms with E-state index in [9.17, 15) is 9.18 Å². The van der Waals surface area contributed by atoms with E-state index in [1.54, 1.807) is 32.5 Å². The topological polar surface area (TPSA) is 123 Å². The molecule has 0 atom stereocenters. The number of methoxy groups -OCH3 is 2. The van der Waals surface area contributed by atoms with E-state index in [2.05, 4.69) is 35.8 Å². The summed E-state index contributed by atoms with van der Waals surface area (Å²) in [5.74, 6) is 1.42. The number of pyridine rings is 1. The van der Waals surface area contributed by atoms with Gasteiger partial charge in [0.15, 0.2) is 5.82 Å². The summed E-state index contributed by atoms with van der Waals surface area (Å²) >= 11 is 6.03. The Morgan fingerprint density at radius 3 is 2.59 bits per heavy atom. The third-order valence-electron chi connectivity index (χ3n) is 8.88. The van der Waals surface area contributed by atoms with Gasteiger partial charge in [0.05, 0.1) is 54.9 Å². The minimum absolute atomic E-state index is 0.00167. The van der Waals surface area contributed by atoms with Crippen molar-refractivity contribution in [3.63, 3.8) is 0 Å². The molecule has 3 N–H and O–H groups in total. The molecule has 0 radical (unpaired) electrons. The van der Waals surface area contributed by atoms with Crippen molar-refractivity contribution in [2.24, 2.45) is 0 Å². The minimum Gasteiger partial charge on any atom is -0.497 e. The molecule has 0 aliphatic carbocycles. The Bertz CT molecular complexity index is 2270. The van der Waals surface area contributed by atoms with Gasteiger partial charge in [-0.05, 0) is 55.0 Å². The normalized spacial score (nSPS) is 12.9. The third kappa shape index (κ3) is 6.88. The molecular formula is C38H35ClFN7O4. The molecule has 260 valence electrons. The maximum absolute atomic E-state index is 14.8. The van der Waals surface area contributed by atoms with Crippen molar-refractivity contribution in [1.29, 1.82) is 0 Å². The van der Waals surface area contributed by atoms with E-state index in [1.165, 1.54) is 12.4 Å². The Labute approximate surface area is 298 Å². The van der Waals surface area contributed by atoms with Gasteiger partial charge in [0.2, 0.25) is 0 Å². The molecule has 0 spiro atoms. The standard InChI is InChI=1S/C38H35ClFN7O4/c1-22-7-10-27-26(11-12-41-37(27)45-31-6-4-5-30(39)33(31)40)34(22)46-38(48)29-18-24(47-13-15-51-16-14-47)17-28-35(29)43-21-44-36(28)42-20-23-8-9-25(49-2)19-32(23)50-3/h4-12,17-19,21H,13-16,20H2,1-3H3,(H,41,45)(H,46,48)(H,42,43,44). The summed E-state index contributed by atoms with van der Waals surface area (Å²) in [5.41, 5.74) is 4.24. The van der Waals surface area contributed by atoms with Gasteiger partial charge >= 0.3 is 0 Å². The van der Waals surface area contributed by atoms with Crippen molar-refractivity contribution in [2.75, 3.05) is 61.4 Å². The zero-order valence-electron chi connectivity index (χ0n) is 28.2. The second-order valence-corrected chi connectivity index (χ2v) is 12.3. The Morgan fingerprint density at radius 1 is 0.941 bits per heavy atom. The van der Waals surface area contributed by atoms with Gasteiger partial charge in [-0.1, -0.05) is 29.8 Å². The lowest BCUT2D eigenvalue weighted by Crippen LogP contribution is -2.36. The van der Waals surface area contributed by atoms with Crippen LogP contribution in [0.2, 0.25) is 5.02 Å². The first-order valence-electron chi connectivity index (χ1n) is 16.3. The number of aromatic nitrogens is 3. The fourth-order valence-corrected chi connectivity index (χ4v) is 6.36. The van der Waals surface area contributed by atoms with Gasteiger partial charge in [-0.2, -0.15) is 0 Å². The Hall–Kier alpha value is -5.72. The summed E-state index contributed by atoms with van der Waals surface area (Å²) < 4.78 is 31.4. The summed E-state index contributed by atoms with van der Waals surface area (Å²) in [6.07, 6.45) is 3.06. The van der Waals surface area contributed by atoms with Crippen molar-refractivity contribution in [3.8, 4) is 11.5 Å². The van der Waals surface area contributed by atoms with E-state index in [1.807, 2.05) is 55.5 Å². The fraction of sp³-hybridized carbons (Fsp3) is 0.211. The molecule has 2 aromatic heterocycles. The molecular weight excluding hydrogens is 673 g/mol. The van der Waals surface area contributed by atoms with Gasteiger partial charge in [0.1, 0.15) is 29.5 Å². The number of nitrogens with one attached hydrogen (secondary N) is 3. The van der Waals surface area contributed by atoms with Crippen LogP contribution in [0, 0.1) is 12.7 Å². The van der Waals surface area contributed by atoms with Crippen molar-refractivity contribution in [2.45, 2.75) is 13.5 Å². The predicted molar refractivity (Wildman–Crippen MR) is 199 cm³/mol. The monoisotopic (exact) mass is 707 g/mol. The number of hydrogen-bond donors (Lipinski definition) is 3. The van der Waals surface area contributed by atoms with Gasteiger partial charge in [-0.3, -0.25) is 4.79 Å². The number of nitrogens with zero attached hydrogens (tertiary/aromatic N) is 4. The van der Waals surface area contributed by atoms with Crippen LogP contribution in [0.25, 0.3) is 21.7 Å². The van der Waals surface area contributed by atoms with Crippen molar-refractivity contribution in [3.05, 3.63) is 107 Å². The number of ether oxygens (including phenoxy) is 3. The van der Waals surface area contributed by atoms with E-state index in [0.717, 1.165) is 22.2 Å². The molecule has 11 nitrogen and oxygen atoms in total. The van der Waals surface area contributed by atoms with Crippen LogP contribution >= 0.6 is 11.6 Å². The van der Waals surface area contributed by atoms with E-state index >= 15 is 0 Å². The third-order valence-corrected chi connectivity index (χ3v) is 9.17. The van der Waals surface area contributed by atoms with Gasteiger partial charge < -0.3 is 35.1 Å². The minimum atomic E-state index is -0.579. The highest BCUT2D eigenvalue weighted by Gasteiger charge is 2.22. The highest BCUT2D eigenvalue weighted by atomic mass is 35.5. The largest absolute Gasteiger partial charge is 0.497 e. The number of hydrogen-bond acceptors (Lipinski definition) is 10. The van der Waals surface area contributed by atoms with E-state index in [-0.39, 0.29) is 16.6 Å². The summed E-state index contributed by atoms with van der Waals surface area (Å²) in [4.78, 5) is 30.2. The van der Waals surface area contributed by atoms with Gasteiger partial charge in [-0.15, -0.1) is 0 Å². The average molecular weight is 708 g/mol. The molecule has 0 bridgehead atoms. The van der Waals surface area contributed by atoms with Gasteiger partial charge in [0, 0.05) is 59.3 Å². The van der Waals surface area contributed by atoms with E-state index in [0.29, 0.717) is 83.5 Å². The molecule has 1 amide bonds. The zero-order chi connectivity index (χ0) is 35.5. The van der Waals surface area contributed by atoms with Crippen LogP contribution in [-0.2, 0) is 11.3 Å². The SMILES string of the molecule is COc1ccc(CNc2ncnc3c(C(=O)Nc4c(C)ccc5c(Nc6cccc(Cl)c6F)nccc45)cc(N4CCOCC4)cc23)c(OC)c1. The van der Waals surface area contributed by atoms with E-state index < -0.39 is 5.82 Å². The number of halogens is 2. The zero-order valence-corrected chi connectivity index (χ0v) is 29.0. The number of fused-ring (bicyclic) bond motifs is 2. The lowest BCUT2D eigenvalue weighted by atomic mass is 10.0. The van der Waals surface area contributed by atoms with Crippen LogP contribution in [0.15, 0.2) is 79.3 Å². The quantitative estimate of drug-likeness (QED) is 0.130. The van der Waals surface area contributed by atoms with Crippen LogP contribution in [0.4, 0.5) is 33.1 Å². The van der Waals surface area contributed by atoms with Crippen LogP contribution in [0.1, 0.15) is 21.5 Å². The molecule has 1 aliphatic rings. The molecule has 7 rings (SSSR count). The first-order chi connectivity index (χ1) is 24.8. The van der Waals surface area contributed by atoms with Crippen molar-refractivity contribution < 1.29 is 23.4 Å². The first kappa shape index (κ1) is 33.8. The number of rotatable bonds is 10. The second-order valence-electron chi connectivity index (χ2n) is 11.9. The summed E-state index contributed by atoms with van der Waals surface area (Å²) in [5, 5.41) is 11.8. The number of benzene rings is 4. The molecule has 1 saturated heterocycles. The van der Waals surface area contributed by atoms with Crippen molar-refractivity contribution in [1.82, 2.24) is 15.0 Å². The van der Waals surface area contributed by atoms with Crippen LogP contribution in [0.3, 0.4) is 0 Å². The summed E-state index contributed by atoms with van der Waals surface area (Å²) in [6.45, 7) is 4.81. The fourth-order valence-electron chi connectivity index (χ4n) is 6.19. The smallest absolute Gasteiger partial charge is 0.257 e. The Balaban J connectivity index is 1.26. The second kappa shape index (κ2) is 14.6. The Morgan fingerprint density at radius 2 is 1.78 bits per heavy atom. The number of carbonyl (C=O) groups is 1. The molecule has 0 saturated carbocycles. The first-order valence-corrected chi connectivity index (χ1v) is 16.7. The van der Waals surface area contributed by atoms with Gasteiger partial charge in [-0.25, -0.2) is 19.3 Å². The lowest BCUT2D eigenvalue weighted by Gasteiger charge is -2.29. The molecule has 3 heterocycles. The molecule has 4 aromatic carbocycles. The highest BCUT2D eigenvalue weighted by molar-refractivity contribution is 6.31. The number of morpholine rings is 1. The molecule has 0 unspecified atom stereocenters. The molecule has 1 aliphatic heterocycles. The van der Waals surface area contributed by atoms with Gasteiger partial charge in [0.25, 0.3) is 5.91 Å². The summed E-state index contributed by atoms with van der Waals surface area (Å²) in [6, 6.07) is 19.8. The molecule has 51 heavy (non-hydrogen) atoms. The highest BCUT2D eigenvalue weighted by Crippen LogP contribution is 2.36. The number of aryl methyl sites for hydroxylation is 1. The molecule has 13 heteroatoms. The Kier molecular flexibility index (Phi) is 9.69. The maximum Gasteiger partial charge on any atom is 0.257 e. The number of anilines is 5. The lowest BCUT2D eigenvalue weighted by molar-refractivity contribution is 0.102. The van der Waals surface area contributed by atoms with E-state index in [4.69, 9.17) is 25.8 Å². The molecule has 1 fully saturated rings. The summed E-state index contributed by atoms with van der Waals surface area (Å²) in [7, 11) is 3.22. The average Bonchev–Trinajstić information content (AvgIpc) is 3.16. The van der Waals surface area contributed by atoms with Crippen molar-refractivity contribution >= 4 is 67.9 Å². The van der Waals surface area contributed by atoms with Crippen LogP contribution < -0.4 is 30.3 Å². The molecule has 6 aromatic rings. The van der Waals surface area contributed by atoms with Crippen LogP contribution in [-0.4, -0.2) is 61.4 Å². The van der Waals surface area contributed by atoms with Crippen LogP contribution in [0.5, 0.6) is 11.5 Å².